The first-order valence-corrected chi connectivity index (χ1v) is 10.2. The van der Waals surface area contributed by atoms with Crippen molar-refractivity contribution in [1.29, 1.82) is 0 Å². The molecule has 0 bridgehead atoms. The third-order valence-electron chi connectivity index (χ3n) is 5.56. The first-order chi connectivity index (χ1) is 15.0. The predicted molar refractivity (Wildman–Crippen MR) is 129 cm³/mol. The number of hydrogen-bond acceptors (Lipinski definition) is 1. The zero-order valence-corrected chi connectivity index (χ0v) is 21.0. The van der Waals surface area contributed by atoms with E-state index in [9.17, 15) is 0 Å². The second kappa shape index (κ2) is 9.90. The van der Waals surface area contributed by atoms with Gasteiger partial charge in [0, 0.05) is 51.6 Å². The van der Waals surface area contributed by atoms with E-state index in [1.54, 1.807) is 6.20 Å². The Morgan fingerprint density at radius 3 is 2.22 bits per heavy atom. The van der Waals surface area contributed by atoms with E-state index in [0.717, 1.165) is 22.4 Å². The second-order valence-electron chi connectivity index (χ2n) is 7.66. The molecule has 4 nitrogen and oxygen atoms in total. The third kappa shape index (κ3) is 4.50. The van der Waals surface area contributed by atoms with Crippen LogP contribution in [0.3, 0.4) is 0 Å². The summed E-state index contributed by atoms with van der Waals surface area (Å²) in [5.74, 6) is 0. The molecule has 0 fully saturated rings. The van der Waals surface area contributed by atoms with Crippen molar-refractivity contribution in [2.45, 2.75) is 6.92 Å². The summed E-state index contributed by atoms with van der Waals surface area (Å²) >= 11 is 0. The van der Waals surface area contributed by atoms with Crippen LogP contribution in [-0.4, -0.2) is 18.7 Å². The van der Waals surface area contributed by atoms with E-state index in [4.69, 9.17) is 0 Å². The summed E-state index contributed by atoms with van der Waals surface area (Å²) in [7, 11) is 4.13. The SMILES string of the molecule is [CH2-]c1cccc2c1c(-n1ccn(C)[cH+]1)c(C)n2C.[CH2-]c1ccccc1-c1ccccn1.[Ir]. The average molecular weight is 600 g/mol. The number of benzene rings is 2. The summed E-state index contributed by atoms with van der Waals surface area (Å²) in [5, 5.41) is 1.23. The molecule has 165 valence electrons. The van der Waals surface area contributed by atoms with E-state index < -0.39 is 0 Å². The summed E-state index contributed by atoms with van der Waals surface area (Å²) in [5.41, 5.74) is 7.86. The van der Waals surface area contributed by atoms with Crippen LogP contribution in [0.25, 0.3) is 27.8 Å². The molecule has 0 spiro atoms. The van der Waals surface area contributed by atoms with Gasteiger partial charge in [0.2, 0.25) is 0 Å². The van der Waals surface area contributed by atoms with Crippen molar-refractivity contribution in [2.24, 2.45) is 14.1 Å². The van der Waals surface area contributed by atoms with Crippen molar-refractivity contribution in [2.75, 3.05) is 0 Å². The number of hydrogen-bond donors (Lipinski definition) is 0. The van der Waals surface area contributed by atoms with Gasteiger partial charge < -0.3 is 4.57 Å². The standard InChI is InChI=1S/C15H17N3.C12H10N.Ir/c1-11-6-5-7-13-14(11)15(12(2)17(13)4)18-9-8-16(3)10-18;1-10-6-2-3-7-11(10)12-8-4-5-9-13-12;/h5-10H,1H2,2-4H3;2-9H,1H2;/q;-1;. The van der Waals surface area contributed by atoms with Crippen molar-refractivity contribution >= 4 is 10.9 Å². The van der Waals surface area contributed by atoms with Crippen LogP contribution in [0.2, 0.25) is 0 Å². The summed E-state index contributed by atoms with van der Waals surface area (Å²) in [6, 6.07) is 20.2. The molecule has 1 radical (unpaired) electrons. The van der Waals surface area contributed by atoms with E-state index in [2.05, 4.69) is 72.7 Å². The maximum absolute atomic E-state index is 4.27. The number of pyridine rings is 1. The molecule has 0 aliphatic heterocycles. The van der Waals surface area contributed by atoms with E-state index >= 15 is 0 Å². The molecule has 0 aliphatic rings. The molecular weight excluding hydrogens is 573 g/mol. The Morgan fingerprint density at radius 2 is 1.56 bits per heavy atom. The molecule has 3 aromatic heterocycles. The van der Waals surface area contributed by atoms with E-state index in [1.165, 1.54) is 22.3 Å². The number of nitrogens with zero attached hydrogens (tertiary/aromatic N) is 4. The van der Waals surface area contributed by atoms with Crippen molar-refractivity contribution in [3.63, 3.8) is 0 Å². The first-order valence-electron chi connectivity index (χ1n) is 10.2. The molecular formula is C27H27IrN4-. The van der Waals surface area contributed by atoms with Crippen LogP contribution in [0, 0.1) is 20.8 Å². The zero-order valence-electron chi connectivity index (χ0n) is 18.6. The fourth-order valence-electron chi connectivity index (χ4n) is 3.85. The predicted octanol–water partition coefficient (Wildman–Crippen LogP) is 6.01. The molecule has 3 heterocycles. The van der Waals surface area contributed by atoms with Crippen LogP contribution in [0.5, 0.6) is 0 Å². The number of fused-ring (bicyclic) bond motifs is 1. The maximum atomic E-state index is 4.27. The average Bonchev–Trinajstić information content (AvgIpc) is 3.31. The van der Waals surface area contributed by atoms with Crippen LogP contribution in [0.1, 0.15) is 16.8 Å². The van der Waals surface area contributed by atoms with E-state index in [1.807, 2.05) is 60.3 Å². The number of imidazole rings is 1. The van der Waals surface area contributed by atoms with Gasteiger partial charge in [-0.2, -0.15) is 41.7 Å². The molecule has 0 saturated heterocycles. The normalized spacial score (nSPS) is 10.3. The third-order valence-corrected chi connectivity index (χ3v) is 5.56. The minimum Gasteiger partial charge on any atom is -0.349 e. The summed E-state index contributed by atoms with van der Waals surface area (Å²) < 4.78 is 6.43. The largest absolute Gasteiger partial charge is 0.349 e. The minimum atomic E-state index is 0. The summed E-state index contributed by atoms with van der Waals surface area (Å²) in [4.78, 5) is 4.27. The first kappa shape index (κ1) is 23.4. The van der Waals surface area contributed by atoms with E-state index in [-0.39, 0.29) is 20.1 Å². The smallest absolute Gasteiger partial charge is 0.165 e. The minimum absolute atomic E-state index is 0. The van der Waals surface area contributed by atoms with Gasteiger partial charge in [-0.3, -0.25) is 9.55 Å². The van der Waals surface area contributed by atoms with Gasteiger partial charge in [-0.05, 0) is 24.4 Å². The number of aromatic nitrogens is 4. The Balaban J connectivity index is 0.000000184. The Morgan fingerprint density at radius 1 is 0.844 bits per heavy atom. The molecule has 2 aromatic carbocycles. The van der Waals surface area contributed by atoms with Crippen molar-refractivity contribution in [3.8, 4) is 16.9 Å². The van der Waals surface area contributed by atoms with Crippen LogP contribution in [-0.2, 0) is 34.2 Å². The van der Waals surface area contributed by atoms with Gasteiger partial charge in [0.15, 0.2) is 6.33 Å². The van der Waals surface area contributed by atoms with Gasteiger partial charge >= 0.3 is 0 Å². The summed E-state index contributed by atoms with van der Waals surface area (Å²) in [6.07, 6.45) is 7.99. The number of rotatable bonds is 2. The Labute approximate surface area is 203 Å². The molecule has 0 unspecified atom stereocenters. The van der Waals surface area contributed by atoms with Crippen molar-refractivity contribution < 1.29 is 20.1 Å². The van der Waals surface area contributed by atoms with Gasteiger partial charge in [0.25, 0.3) is 0 Å². The molecule has 5 aromatic rings. The van der Waals surface area contributed by atoms with Crippen LogP contribution in [0.4, 0.5) is 0 Å². The fourth-order valence-corrected chi connectivity index (χ4v) is 3.85. The zero-order chi connectivity index (χ0) is 22.0. The van der Waals surface area contributed by atoms with Crippen LogP contribution in [0.15, 0.2) is 85.6 Å². The monoisotopic (exact) mass is 600 g/mol. The van der Waals surface area contributed by atoms with Crippen LogP contribution >= 0.6 is 0 Å². The molecule has 0 saturated carbocycles. The maximum Gasteiger partial charge on any atom is 0.165 e. The Bertz CT molecular complexity index is 1330. The van der Waals surface area contributed by atoms with Gasteiger partial charge in [-0.1, -0.05) is 18.2 Å². The van der Waals surface area contributed by atoms with Crippen molar-refractivity contribution in [1.82, 2.24) is 18.7 Å². The molecule has 0 N–H and O–H groups in total. The molecule has 0 atom stereocenters. The van der Waals surface area contributed by atoms with Gasteiger partial charge in [0.05, 0.1) is 5.69 Å². The topological polar surface area (TPSA) is 27.7 Å². The Kier molecular flexibility index (Phi) is 7.24. The number of aryl methyl sites for hydroxylation is 2. The fraction of sp³-hybridized carbons (Fsp3) is 0.111. The summed E-state index contributed by atoms with van der Waals surface area (Å²) in [6.45, 7) is 10.3. The quantitative estimate of drug-likeness (QED) is 0.229. The van der Waals surface area contributed by atoms with Crippen LogP contribution < -0.4 is 0 Å². The Hall–Kier alpha value is -3.27. The molecule has 0 amide bonds. The molecule has 5 rings (SSSR count). The van der Waals surface area contributed by atoms with Gasteiger partial charge in [0.1, 0.15) is 18.1 Å². The van der Waals surface area contributed by atoms with Gasteiger partial charge in [-0.15, -0.1) is 23.8 Å². The second-order valence-corrected chi connectivity index (χ2v) is 7.66. The van der Waals surface area contributed by atoms with Crippen molar-refractivity contribution in [3.05, 3.63) is 116 Å². The molecule has 0 aliphatic carbocycles. The van der Waals surface area contributed by atoms with Gasteiger partial charge in [-0.25, -0.2) is 0 Å². The molecule has 5 heteroatoms. The molecule has 32 heavy (non-hydrogen) atoms. The van der Waals surface area contributed by atoms with E-state index in [0.29, 0.717) is 0 Å².